The maximum atomic E-state index is 10.5. The monoisotopic (exact) mass is 216 g/mol. The summed E-state index contributed by atoms with van der Waals surface area (Å²) < 4.78 is 2.08. The van der Waals surface area contributed by atoms with Crippen molar-refractivity contribution in [3.63, 3.8) is 0 Å². The fraction of sp³-hybridized carbons (Fsp3) is 0.385. The van der Waals surface area contributed by atoms with E-state index in [2.05, 4.69) is 27.8 Å². The van der Waals surface area contributed by atoms with Crippen molar-refractivity contribution in [2.75, 3.05) is 20.1 Å². The smallest absolute Gasteiger partial charge is 0.117 e. The van der Waals surface area contributed by atoms with E-state index in [0.717, 1.165) is 18.7 Å². The van der Waals surface area contributed by atoms with Crippen LogP contribution in [0.15, 0.2) is 30.5 Å². The Hall–Kier alpha value is -1.32. The number of likely N-dealkylation sites (N-methyl/N-ethyl adjacent to an activating group) is 1. The number of benzene rings is 1. The van der Waals surface area contributed by atoms with Gasteiger partial charge in [-0.25, -0.2) is 0 Å². The molecule has 1 saturated heterocycles. The Labute approximate surface area is 94.9 Å². The molecular weight excluding hydrogens is 200 g/mol. The summed E-state index contributed by atoms with van der Waals surface area (Å²) in [6.07, 6.45) is 2.05. The molecule has 3 heteroatoms. The molecule has 0 unspecified atom stereocenters. The number of nitrogens with zero attached hydrogens (tertiary/aromatic N) is 2. The van der Waals surface area contributed by atoms with E-state index in [0.29, 0.717) is 0 Å². The maximum absolute atomic E-state index is 10.5. The molecule has 84 valence electrons. The zero-order valence-electron chi connectivity index (χ0n) is 9.64. The molecule has 3 rings (SSSR count). The number of β-amino-alcohol motifs (C(OH)–C–C–N with tert-alkyl or cyclic N) is 1. The van der Waals surface area contributed by atoms with Gasteiger partial charge in [-0.2, -0.15) is 0 Å². The molecule has 1 aliphatic heterocycles. The van der Waals surface area contributed by atoms with E-state index in [9.17, 15) is 5.11 Å². The van der Waals surface area contributed by atoms with E-state index < -0.39 is 5.60 Å². The molecule has 1 aromatic heterocycles. The van der Waals surface area contributed by atoms with Crippen LogP contribution in [0.5, 0.6) is 0 Å². The van der Waals surface area contributed by atoms with Crippen molar-refractivity contribution < 1.29 is 5.11 Å². The zero-order valence-corrected chi connectivity index (χ0v) is 9.64. The Morgan fingerprint density at radius 3 is 2.56 bits per heavy atom. The number of likely N-dealkylation sites (tertiary alicyclic amines) is 1. The summed E-state index contributed by atoms with van der Waals surface area (Å²) in [7, 11) is 4.05. The zero-order chi connectivity index (χ0) is 11.3. The van der Waals surface area contributed by atoms with Gasteiger partial charge in [-0.15, -0.1) is 0 Å². The van der Waals surface area contributed by atoms with Crippen LogP contribution in [0, 0.1) is 0 Å². The number of para-hydroxylation sites is 1. The normalized spacial score (nSPS) is 19.9. The second-order valence-electron chi connectivity index (χ2n) is 4.87. The van der Waals surface area contributed by atoms with Gasteiger partial charge in [-0.3, -0.25) is 4.90 Å². The molecule has 1 N–H and O–H groups in total. The minimum absolute atomic E-state index is 0.657. The van der Waals surface area contributed by atoms with Gasteiger partial charge in [0, 0.05) is 42.8 Å². The van der Waals surface area contributed by atoms with Gasteiger partial charge in [0.1, 0.15) is 5.60 Å². The number of aromatic nitrogens is 1. The third kappa shape index (κ3) is 1.22. The average Bonchev–Trinajstić information content (AvgIpc) is 2.55. The van der Waals surface area contributed by atoms with Crippen molar-refractivity contribution in [3.8, 4) is 0 Å². The first-order valence-corrected chi connectivity index (χ1v) is 5.56. The topological polar surface area (TPSA) is 28.4 Å². The summed E-state index contributed by atoms with van der Waals surface area (Å²) in [6, 6.07) is 8.23. The Morgan fingerprint density at radius 1 is 1.19 bits per heavy atom. The third-order valence-electron chi connectivity index (χ3n) is 3.46. The second-order valence-corrected chi connectivity index (χ2v) is 4.87. The molecule has 0 amide bonds. The highest BCUT2D eigenvalue weighted by Crippen LogP contribution is 2.36. The van der Waals surface area contributed by atoms with E-state index in [1.54, 1.807) is 0 Å². The highest BCUT2D eigenvalue weighted by Gasteiger charge is 2.42. The Bertz CT molecular complexity index is 538. The number of rotatable bonds is 1. The predicted octanol–water partition coefficient (Wildman–Crippen LogP) is 1.31. The lowest BCUT2D eigenvalue weighted by molar-refractivity contribution is -0.0908. The van der Waals surface area contributed by atoms with E-state index in [-0.39, 0.29) is 0 Å². The summed E-state index contributed by atoms with van der Waals surface area (Å²) in [5.41, 5.74) is 1.58. The first-order valence-electron chi connectivity index (χ1n) is 5.56. The SMILES string of the molecule is CN1CC(O)(c2cn(C)c3ccccc23)C1. The molecule has 0 radical (unpaired) electrons. The molecule has 1 aromatic carbocycles. The van der Waals surface area contributed by atoms with Gasteiger partial charge in [0.15, 0.2) is 0 Å². The van der Waals surface area contributed by atoms with E-state index in [1.807, 2.05) is 26.2 Å². The lowest BCUT2D eigenvalue weighted by Gasteiger charge is -2.44. The van der Waals surface area contributed by atoms with Gasteiger partial charge in [0.2, 0.25) is 0 Å². The Kier molecular flexibility index (Phi) is 1.91. The van der Waals surface area contributed by atoms with Crippen LogP contribution in [0.3, 0.4) is 0 Å². The van der Waals surface area contributed by atoms with Crippen LogP contribution >= 0.6 is 0 Å². The summed E-state index contributed by atoms with van der Waals surface area (Å²) in [5.74, 6) is 0. The van der Waals surface area contributed by atoms with E-state index >= 15 is 0 Å². The number of hydrogen-bond donors (Lipinski definition) is 1. The second kappa shape index (κ2) is 3.09. The van der Waals surface area contributed by atoms with Crippen molar-refractivity contribution in [2.45, 2.75) is 5.60 Å². The largest absolute Gasteiger partial charge is 0.382 e. The first-order chi connectivity index (χ1) is 7.60. The number of hydrogen-bond acceptors (Lipinski definition) is 2. The van der Waals surface area contributed by atoms with Gasteiger partial charge in [0.25, 0.3) is 0 Å². The number of fused-ring (bicyclic) bond motifs is 1. The van der Waals surface area contributed by atoms with Crippen molar-refractivity contribution in [1.29, 1.82) is 0 Å². The molecule has 0 aliphatic carbocycles. The minimum atomic E-state index is -0.657. The highest BCUT2D eigenvalue weighted by atomic mass is 16.3. The van der Waals surface area contributed by atoms with Gasteiger partial charge >= 0.3 is 0 Å². The van der Waals surface area contributed by atoms with Gasteiger partial charge in [-0.1, -0.05) is 18.2 Å². The first kappa shape index (κ1) is 9.87. The maximum Gasteiger partial charge on any atom is 0.117 e. The van der Waals surface area contributed by atoms with Crippen LogP contribution in [-0.2, 0) is 12.6 Å². The van der Waals surface area contributed by atoms with Gasteiger partial charge in [-0.05, 0) is 13.1 Å². The standard InChI is InChI=1S/C13H16N2O/c1-14-8-13(16,9-14)11-7-15(2)12-6-4-3-5-10(11)12/h3-7,16H,8-9H2,1-2H3. The van der Waals surface area contributed by atoms with Crippen LogP contribution in [0.4, 0.5) is 0 Å². The minimum Gasteiger partial charge on any atom is -0.382 e. The fourth-order valence-corrected chi connectivity index (χ4v) is 2.73. The predicted molar refractivity (Wildman–Crippen MR) is 64.3 cm³/mol. The lowest BCUT2D eigenvalue weighted by atomic mass is 9.86. The van der Waals surface area contributed by atoms with Gasteiger partial charge < -0.3 is 9.67 Å². The van der Waals surface area contributed by atoms with Crippen molar-refractivity contribution in [1.82, 2.24) is 9.47 Å². The summed E-state index contributed by atoms with van der Waals surface area (Å²) in [4.78, 5) is 2.13. The molecule has 0 spiro atoms. The average molecular weight is 216 g/mol. The molecule has 0 saturated carbocycles. The van der Waals surface area contributed by atoms with Crippen LogP contribution in [0.1, 0.15) is 5.56 Å². The van der Waals surface area contributed by atoms with E-state index in [4.69, 9.17) is 0 Å². The molecule has 2 aromatic rings. The summed E-state index contributed by atoms with van der Waals surface area (Å²) in [5, 5.41) is 11.7. The summed E-state index contributed by atoms with van der Waals surface area (Å²) >= 11 is 0. The fourth-order valence-electron chi connectivity index (χ4n) is 2.73. The molecule has 1 aliphatic rings. The van der Waals surface area contributed by atoms with Crippen molar-refractivity contribution >= 4 is 10.9 Å². The van der Waals surface area contributed by atoms with Crippen LogP contribution in [0.25, 0.3) is 10.9 Å². The molecule has 0 bridgehead atoms. The molecule has 1 fully saturated rings. The van der Waals surface area contributed by atoms with Crippen LogP contribution in [-0.4, -0.2) is 34.7 Å². The highest BCUT2D eigenvalue weighted by molar-refractivity contribution is 5.85. The molecular formula is C13H16N2O. The Balaban J connectivity index is 2.18. The van der Waals surface area contributed by atoms with E-state index in [1.165, 1.54) is 10.9 Å². The third-order valence-corrected chi connectivity index (χ3v) is 3.46. The molecule has 16 heavy (non-hydrogen) atoms. The number of aliphatic hydroxyl groups is 1. The summed E-state index contributed by atoms with van der Waals surface area (Å²) in [6.45, 7) is 1.45. The van der Waals surface area contributed by atoms with Gasteiger partial charge in [0.05, 0.1) is 0 Å². The quantitative estimate of drug-likeness (QED) is 0.778. The van der Waals surface area contributed by atoms with Crippen LogP contribution < -0.4 is 0 Å². The lowest BCUT2D eigenvalue weighted by Crippen LogP contribution is -2.57. The number of aryl methyl sites for hydroxylation is 1. The van der Waals surface area contributed by atoms with Crippen LogP contribution in [0.2, 0.25) is 0 Å². The Morgan fingerprint density at radius 2 is 1.88 bits per heavy atom. The van der Waals surface area contributed by atoms with Crippen molar-refractivity contribution in [3.05, 3.63) is 36.0 Å². The van der Waals surface area contributed by atoms with Crippen molar-refractivity contribution in [2.24, 2.45) is 7.05 Å². The molecule has 3 nitrogen and oxygen atoms in total. The molecule has 2 heterocycles. The molecule has 0 atom stereocenters.